The number of carbonyl (C=O) groups excluding carboxylic acids is 1. The third-order valence-electron chi connectivity index (χ3n) is 4.54. The van der Waals surface area contributed by atoms with E-state index in [4.69, 9.17) is 27.9 Å². The second-order valence-electron chi connectivity index (χ2n) is 6.64. The normalized spacial score (nSPS) is 11.8. The molecule has 4 aromatic rings. The van der Waals surface area contributed by atoms with Gasteiger partial charge in [-0.15, -0.1) is 10.2 Å². The summed E-state index contributed by atoms with van der Waals surface area (Å²) in [7, 11) is 0. The molecule has 32 heavy (non-hydrogen) atoms. The van der Waals surface area contributed by atoms with Crippen LogP contribution in [0.3, 0.4) is 0 Å². The Hall–Kier alpha value is -2.87. The summed E-state index contributed by atoms with van der Waals surface area (Å²) in [5, 5.41) is 9.50. The number of rotatable bonds is 7. The fourth-order valence-electron chi connectivity index (χ4n) is 3.09. The number of pyridine rings is 1. The second-order valence-corrected chi connectivity index (χ2v) is 8.53. The lowest BCUT2D eigenvalue weighted by Crippen LogP contribution is -2.14. The molecule has 0 saturated heterocycles. The van der Waals surface area contributed by atoms with E-state index in [1.54, 1.807) is 31.5 Å². The van der Waals surface area contributed by atoms with Crippen LogP contribution in [0.4, 0.5) is 0 Å². The lowest BCUT2D eigenvalue weighted by molar-refractivity contribution is -0.142. The number of esters is 1. The van der Waals surface area contributed by atoms with Gasteiger partial charge in [0.2, 0.25) is 0 Å². The summed E-state index contributed by atoms with van der Waals surface area (Å²) in [5.74, 6) is 0.213. The summed E-state index contributed by atoms with van der Waals surface area (Å²) in [6, 6.07) is 18.4. The van der Waals surface area contributed by atoms with Crippen molar-refractivity contribution in [3.63, 3.8) is 0 Å². The van der Waals surface area contributed by atoms with E-state index in [2.05, 4.69) is 15.2 Å². The van der Waals surface area contributed by atoms with Gasteiger partial charge in [-0.25, -0.2) is 0 Å². The van der Waals surface area contributed by atoms with Crippen molar-refractivity contribution in [3.05, 3.63) is 88.7 Å². The van der Waals surface area contributed by atoms with E-state index in [9.17, 15) is 4.79 Å². The molecule has 0 amide bonds. The summed E-state index contributed by atoms with van der Waals surface area (Å²) >= 11 is 13.7. The highest BCUT2D eigenvalue weighted by Crippen LogP contribution is 2.39. The van der Waals surface area contributed by atoms with Crippen LogP contribution in [0, 0.1) is 0 Å². The molecule has 0 aliphatic rings. The molecule has 0 N–H and O–H groups in total. The first kappa shape index (κ1) is 22.3. The number of nitrogens with zero attached hydrogens (tertiary/aromatic N) is 4. The minimum atomic E-state index is -0.622. The Labute approximate surface area is 199 Å². The molecule has 0 bridgehead atoms. The molecule has 0 radical (unpaired) electrons. The Bertz CT molecular complexity index is 1220. The van der Waals surface area contributed by atoms with Crippen molar-refractivity contribution >= 4 is 40.9 Å². The summed E-state index contributed by atoms with van der Waals surface area (Å²) in [6.45, 7) is 2.06. The summed E-state index contributed by atoms with van der Waals surface area (Å²) in [4.78, 5) is 17.0. The Morgan fingerprint density at radius 1 is 1.06 bits per heavy atom. The Morgan fingerprint density at radius 2 is 1.88 bits per heavy atom. The van der Waals surface area contributed by atoms with Gasteiger partial charge in [-0.2, -0.15) is 0 Å². The molecule has 2 aromatic carbocycles. The molecule has 0 aliphatic heterocycles. The van der Waals surface area contributed by atoms with Crippen molar-refractivity contribution in [2.24, 2.45) is 0 Å². The van der Waals surface area contributed by atoms with Crippen molar-refractivity contribution in [1.29, 1.82) is 0 Å². The van der Waals surface area contributed by atoms with Crippen LogP contribution in [0.1, 0.15) is 17.7 Å². The van der Waals surface area contributed by atoms with Gasteiger partial charge in [-0.1, -0.05) is 65.3 Å². The maximum Gasteiger partial charge on any atom is 0.324 e. The zero-order valence-electron chi connectivity index (χ0n) is 17.0. The SMILES string of the molecule is CCOC(=O)C(Sc1nnc(-c2cccnc2)n1-c1ccc(Cl)c(Cl)c1)c1ccccc1. The maximum absolute atomic E-state index is 12.8. The predicted octanol–water partition coefficient (Wildman–Crippen LogP) is 6.03. The summed E-state index contributed by atoms with van der Waals surface area (Å²) < 4.78 is 7.17. The van der Waals surface area contributed by atoms with Crippen LogP contribution in [-0.4, -0.2) is 32.3 Å². The van der Waals surface area contributed by atoms with Crippen molar-refractivity contribution in [2.75, 3.05) is 6.61 Å². The number of thioether (sulfide) groups is 1. The van der Waals surface area contributed by atoms with Crippen LogP contribution in [0.5, 0.6) is 0 Å². The summed E-state index contributed by atoms with van der Waals surface area (Å²) in [6.07, 6.45) is 3.39. The molecule has 2 heterocycles. The highest BCUT2D eigenvalue weighted by molar-refractivity contribution is 8.00. The number of carbonyl (C=O) groups is 1. The first-order valence-corrected chi connectivity index (χ1v) is 11.4. The monoisotopic (exact) mass is 484 g/mol. The van der Waals surface area contributed by atoms with Gasteiger partial charge in [0.1, 0.15) is 5.25 Å². The van der Waals surface area contributed by atoms with Gasteiger partial charge in [0.25, 0.3) is 0 Å². The molecule has 0 spiro atoms. The van der Waals surface area contributed by atoms with Crippen LogP contribution in [0.25, 0.3) is 17.1 Å². The first-order valence-electron chi connectivity index (χ1n) is 9.78. The molecule has 1 unspecified atom stereocenters. The third kappa shape index (κ3) is 4.80. The Balaban J connectivity index is 1.83. The maximum atomic E-state index is 12.8. The standard InChI is InChI=1S/C23H18Cl2N4O2S/c1-2-31-22(30)20(15-7-4-3-5-8-15)32-23-28-27-21(16-9-6-12-26-14-16)29(23)17-10-11-18(24)19(25)13-17/h3-14,20H,2H2,1H3. The predicted molar refractivity (Wildman–Crippen MR) is 126 cm³/mol. The zero-order chi connectivity index (χ0) is 22.5. The number of ether oxygens (including phenoxy) is 1. The number of halogens is 2. The fourth-order valence-corrected chi connectivity index (χ4v) is 4.43. The molecule has 4 rings (SSSR count). The lowest BCUT2D eigenvalue weighted by Gasteiger charge is -2.17. The molecule has 0 fully saturated rings. The quantitative estimate of drug-likeness (QED) is 0.235. The van der Waals surface area contributed by atoms with Crippen molar-refractivity contribution < 1.29 is 9.53 Å². The van der Waals surface area contributed by atoms with E-state index in [0.29, 0.717) is 26.7 Å². The van der Waals surface area contributed by atoms with Crippen LogP contribution in [0.15, 0.2) is 78.2 Å². The minimum absolute atomic E-state index is 0.281. The zero-order valence-corrected chi connectivity index (χ0v) is 19.3. The van der Waals surface area contributed by atoms with Crippen LogP contribution < -0.4 is 0 Å². The number of hydrogen-bond acceptors (Lipinski definition) is 6. The minimum Gasteiger partial charge on any atom is -0.465 e. The first-order chi connectivity index (χ1) is 15.6. The Morgan fingerprint density at radius 3 is 2.56 bits per heavy atom. The van der Waals surface area contributed by atoms with Crippen molar-refractivity contribution in [1.82, 2.24) is 19.7 Å². The largest absolute Gasteiger partial charge is 0.465 e. The number of benzene rings is 2. The van der Waals surface area contributed by atoms with Gasteiger partial charge >= 0.3 is 5.97 Å². The molecule has 9 heteroatoms. The molecule has 162 valence electrons. The van der Waals surface area contributed by atoms with Gasteiger partial charge in [0.15, 0.2) is 11.0 Å². The van der Waals surface area contributed by atoms with Gasteiger partial charge in [-0.3, -0.25) is 14.3 Å². The van der Waals surface area contributed by atoms with Crippen LogP contribution >= 0.6 is 35.0 Å². The second kappa shape index (κ2) is 10.2. The van der Waals surface area contributed by atoms with Gasteiger partial charge in [0, 0.05) is 18.0 Å². The van der Waals surface area contributed by atoms with Gasteiger partial charge < -0.3 is 4.74 Å². The molecule has 0 saturated carbocycles. The Kier molecular flexibility index (Phi) is 7.09. The average Bonchev–Trinajstić information content (AvgIpc) is 3.24. The molecule has 6 nitrogen and oxygen atoms in total. The average molecular weight is 485 g/mol. The number of hydrogen-bond donors (Lipinski definition) is 0. The van der Waals surface area contributed by atoms with E-state index < -0.39 is 5.25 Å². The highest BCUT2D eigenvalue weighted by atomic mass is 35.5. The molecule has 2 aromatic heterocycles. The third-order valence-corrected chi connectivity index (χ3v) is 6.46. The fraction of sp³-hybridized carbons (Fsp3) is 0.130. The van der Waals surface area contributed by atoms with Crippen molar-refractivity contribution in [2.45, 2.75) is 17.3 Å². The van der Waals surface area contributed by atoms with Gasteiger partial charge in [-0.05, 0) is 42.8 Å². The van der Waals surface area contributed by atoms with E-state index in [-0.39, 0.29) is 12.6 Å². The highest BCUT2D eigenvalue weighted by Gasteiger charge is 2.27. The van der Waals surface area contributed by atoms with E-state index in [0.717, 1.165) is 11.1 Å². The van der Waals surface area contributed by atoms with Crippen molar-refractivity contribution in [3.8, 4) is 17.1 Å². The number of aromatic nitrogens is 4. The van der Waals surface area contributed by atoms with Crippen LogP contribution in [0.2, 0.25) is 10.0 Å². The lowest BCUT2D eigenvalue weighted by atomic mass is 10.1. The smallest absolute Gasteiger partial charge is 0.324 e. The van der Waals surface area contributed by atoms with E-state index in [1.165, 1.54) is 11.8 Å². The van der Waals surface area contributed by atoms with Crippen LogP contribution in [-0.2, 0) is 9.53 Å². The van der Waals surface area contributed by atoms with Gasteiger partial charge in [0.05, 0.1) is 22.3 Å². The van der Waals surface area contributed by atoms with E-state index in [1.807, 2.05) is 53.1 Å². The topological polar surface area (TPSA) is 69.9 Å². The summed E-state index contributed by atoms with van der Waals surface area (Å²) in [5.41, 5.74) is 2.29. The molecule has 1 atom stereocenters. The molecular formula is C23H18Cl2N4O2S. The van der Waals surface area contributed by atoms with E-state index >= 15 is 0 Å². The molecule has 0 aliphatic carbocycles. The molecular weight excluding hydrogens is 467 g/mol.